The highest BCUT2D eigenvalue weighted by molar-refractivity contribution is 5.71. The molecule has 0 aliphatic heterocycles. The zero-order valence-electron chi connectivity index (χ0n) is 7.96. The Morgan fingerprint density at radius 1 is 1.42 bits per heavy atom. The predicted octanol–water partition coefficient (Wildman–Crippen LogP) is 2.46. The molecule has 0 N–H and O–H groups in total. The molecule has 0 bridgehead atoms. The van der Waals surface area contributed by atoms with E-state index < -0.39 is 0 Å². The molecular formula is C10H16O2. The van der Waals surface area contributed by atoms with Crippen LogP contribution in [-0.4, -0.2) is 12.6 Å². The van der Waals surface area contributed by atoms with Crippen molar-refractivity contribution in [1.29, 1.82) is 0 Å². The minimum atomic E-state index is -0.170. The van der Waals surface area contributed by atoms with Crippen molar-refractivity contribution in [2.75, 3.05) is 6.61 Å². The SMILES string of the molecule is CCOC(=O)CC=CC=C(C)C. The number of carbonyl (C=O) groups is 1. The number of ether oxygens (including phenoxy) is 1. The van der Waals surface area contributed by atoms with E-state index in [0.29, 0.717) is 13.0 Å². The molecule has 0 aliphatic carbocycles. The summed E-state index contributed by atoms with van der Waals surface area (Å²) in [5.74, 6) is -0.170. The van der Waals surface area contributed by atoms with Crippen molar-refractivity contribution in [2.24, 2.45) is 0 Å². The molecule has 0 heterocycles. The summed E-state index contributed by atoms with van der Waals surface area (Å²) in [7, 11) is 0. The van der Waals surface area contributed by atoms with Gasteiger partial charge in [-0.1, -0.05) is 23.8 Å². The number of esters is 1. The lowest BCUT2D eigenvalue weighted by Gasteiger charge is -1.95. The van der Waals surface area contributed by atoms with Crippen molar-refractivity contribution < 1.29 is 9.53 Å². The van der Waals surface area contributed by atoms with Gasteiger partial charge in [0.2, 0.25) is 0 Å². The van der Waals surface area contributed by atoms with Crippen molar-refractivity contribution in [2.45, 2.75) is 27.2 Å². The summed E-state index contributed by atoms with van der Waals surface area (Å²) in [6, 6.07) is 0. The number of allylic oxidation sites excluding steroid dienone is 3. The van der Waals surface area contributed by atoms with E-state index in [1.165, 1.54) is 5.57 Å². The molecule has 0 radical (unpaired) electrons. The number of rotatable bonds is 4. The van der Waals surface area contributed by atoms with Crippen LogP contribution in [0.5, 0.6) is 0 Å². The maximum absolute atomic E-state index is 10.8. The van der Waals surface area contributed by atoms with Crippen LogP contribution in [0.2, 0.25) is 0 Å². The van der Waals surface area contributed by atoms with E-state index in [2.05, 4.69) is 0 Å². The molecule has 0 amide bonds. The Bertz CT molecular complexity index is 186. The van der Waals surface area contributed by atoms with E-state index in [-0.39, 0.29) is 5.97 Å². The third-order valence-electron chi connectivity index (χ3n) is 1.16. The summed E-state index contributed by atoms with van der Waals surface area (Å²) < 4.78 is 4.74. The van der Waals surface area contributed by atoms with Crippen LogP contribution < -0.4 is 0 Å². The molecule has 0 unspecified atom stereocenters. The Morgan fingerprint density at radius 3 is 2.58 bits per heavy atom. The Kier molecular flexibility index (Phi) is 6.07. The van der Waals surface area contributed by atoms with Crippen molar-refractivity contribution in [3.63, 3.8) is 0 Å². The second-order valence-corrected chi connectivity index (χ2v) is 2.68. The molecule has 0 aromatic heterocycles. The standard InChI is InChI=1S/C10H16O2/c1-4-12-10(11)8-6-5-7-9(2)3/h5-7H,4,8H2,1-3H3. The zero-order chi connectivity index (χ0) is 9.40. The second-order valence-electron chi connectivity index (χ2n) is 2.68. The molecule has 68 valence electrons. The first-order chi connectivity index (χ1) is 5.66. The molecule has 0 fully saturated rings. The highest BCUT2D eigenvalue weighted by Crippen LogP contribution is 1.92. The van der Waals surface area contributed by atoms with Crippen molar-refractivity contribution in [3.05, 3.63) is 23.8 Å². The quantitative estimate of drug-likeness (QED) is 0.476. The first kappa shape index (κ1) is 11.0. The van der Waals surface area contributed by atoms with Crippen LogP contribution in [-0.2, 0) is 9.53 Å². The van der Waals surface area contributed by atoms with Gasteiger partial charge in [0.25, 0.3) is 0 Å². The molecule has 0 aliphatic rings. The first-order valence-corrected chi connectivity index (χ1v) is 4.12. The maximum Gasteiger partial charge on any atom is 0.309 e. The van der Waals surface area contributed by atoms with Gasteiger partial charge in [-0.15, -0.1) is 0 Å². The van der Waals surface area contributed by atoms with E-state index in [1.807, 2.05) is 26.0 Å². The summed E-state index contributed by atoms with van der Waals surface area (Å²) in [6.45, 7) is 6.27. The zero-order valence-corrected chi connectivity index (χ0v) is 7.96. The maximum atomic E-state index is 10.8. The van der Waals surface area contributed by atoms with E-state index in [4.69, 9.17) is 4.74 Å². The molecule has 0 saturated carbocycles. The minimum absolute atomic E-state index is 0.170. The lowest BCUT2D eigenvalue weighted by molar-refractivity contribution is -0.142. The molecule has 0 saturated heterocycles. The Balaban J connectivity index is 3.60. The topological polar surface area (TPSA) is 26.3 Å². The van der Waals surface area contributed by atoms with Crippen LogP contribution >= 0.6 is 0 Å². The van der Waals surface area contributed by atoms with Crippen LogP contribution in [0.4, 0.5) is 0 Å². The highest BCUT2D eigenvalue weighted by Gasteiger charge is 1.94. The monoisotopic (exact) mass is 168 g/mol. The molecule has 0 aromatic carbocycles. The van der Waals surface area contributed by atoms with Gasteiger partial charge in [0.1, 0.15) is 0 Å². The Labute approximate surface area is 73.9 Å². The number of hydrogen-bond acceptors (Lipinski definition) is 2. The van der Waals surface area contributed by atoms with Crippen LogP contribution in [0.15, 0.2) is 23.8 Å². The summed E-state index contributed by atoms with van der Waals surface area (Å²) in [6.07, 6.45) is 5.98. The highest BCUT2D eigenvalue weighted by atomic mass is 16.5. The van der Waals surface area contributed by atoms with E-state index in [9.17, 15) is 4.79 Å². The molecule has 0 aromatic rings. The molecule has 2 nitrogen and oxygen atoms in total. The van der Waals surface area contributed by atoms with E-state index in [1.54, 1.807) is 13.0 Å². The van der Waals surface area contributed by atoms with Gasteiger partial charge >= 0.3 is 5.97 Å². The summed E-state index contributed by atoms with van der Waals surface area (Å²) in [5, 5.41) is 0. The number of carbonyl (C=O) groups excluding carboxylic acids is 1. The van der Waals surface area contributed by atoms with E-state index in [0.717, 1.165) is 0 Å². The van der Waals surface area contributed by atoms with E-state index >= 15 is 0 Å². The van der Waals surface area contributed by atoms with Crippen molar-refractivity contribution >= 4 is 5.97 Å². The fourth-order valence-corrected chi connectivity index (χ4v) is 0.645. The minimum Gasteiger partial charge on any atom is -0.466 e. The molecule has 0 spiro atoms. The van der Waals surface area contributed by atoms with Gasteiger partial charge in [0.05, 0.1) is 13.0 Å². The van der Waals surface area contributed by atoms with Gasteiger partial charge in [0.15, 0.2) is 0 Å². The first-order valence-electron chi connectivity index (χ1n) is 4.12. The van der Waals surface area contributed by atoms with Gasteiger partial charge in [0, 0.05) is 0 Å². The summed E-state index contributed by atoms with van der Waals surface area (Å²) >= 11 is 0. The van der Waals surface area contributed by atoms with Gasteiger partial charge in [-0.25, -0.2) is 0 Å². The van der Waals surface area contributed by atoms with Gasteiger partial charge in [-0.3, -0.25) is 4.79 Å². The van der Waals surface area contributed by atoms with Gasteiger partial charge < -0.3 is 4.74 Å². The average Bonchev–Trinajstić information content (AvgIpc) is 1.98. The molecule has 12 heavy (non-hydrogen) atoms. The Morgan fingerprint density at radius 2 is 2.08 bits per heavy atom. The molecular weight excluding hydrogens is 152 g/mol. The third kappa shape index (κ3) is 7.06. The normalized spacial score (nSPS) is 9.92. The van der Waals surface area contributed by atoms with Crippen LogP contribution in [0.3, 0.4) is 0 Å². The average molecular weight is 168 g/mol. The predicted molar refractivity (Wildman–Crippen MR) is 49.8 cm³/mol. The third-order valence-corrected chi connectivity index (χ3v) is 1.16. The van der Waals surface area contributed by atoms with Crippen LogP contribution in [0, 0.1) is 0 Å². The fourth-order valence-electron chi connectivity index (χ4n) is 0.645. The fraction of sp³-hybridized carbons (Fsp3) is 0.500. The molecule has 0 rings (SSSR count). The molecule has 2 heteroatoms. The second kappa shape index (κ2) is 6.65. The van der Waals surface area contributed by atoms with Gasteiger partial charge in [-0.05, 0) is 20.8 Å². The van der Waals surface area contributed by atoms with Gasteiger partial charge in [-0.2, -0.15) is 0 Å². The molecule has 0 atom stereocenters. The van der Waals surface area contributed by atoms with Crippen LogP contribution in [0.1, 0.15) is 27.2 Å². The van der Waals surface area contributed by atoms with Crippen molar-refractivity contribution in [3.8, 4) is 0 Å². The number of hydrogen-bond donors (Lipinski definition) is 0. The smallest absolute Gasteiger partial charge is 0.309 e. The summed E-state index contributed by atoms with van der Waals surface area (Å²) in [5.41, 5.74) is 1.22. The summed E-state index contributed by atoms with van der Waals surface area (Å²) in [4.78, 5) is 10.8. The lowest BCUT2D eigenvalue weighted by Crippen LogP contribution is -2.01. The Hall–Kier alpha value is -1.05. The van der Waals surface area contributed by atoms with Crippen LogP contribution in [0.25, 0.3) is 0 Å². The largest absolute Gasteiger partial charge is 0.466 e. The lowest BCUT2D eigenvalue weighted by atomic mass is 10.3. The van der Waals surface area contributed by atoms with Crippen molar-refractivity contribution in [1.82, 2.24) is 0 Å².